The topological polar surface area (TPSA) is 84.3 Å². The molecule has 1 atom stereocenters. The van der Waals surface area contributed by atoms with Gasteiger partial charge in [0.1, 0.15) is 4.90 Å². The van der Waals surface area contributed by atoms with Crippen LogP contribution in [0.5, 0.6) is 0 Å². The Bertz CT molecular complexity index is 1190. The van der Waals surface area contributed by atoms with Crippen molar-refractivity contribution >= 4 is 45.0 Å². The van der Waals surface area contributed by atoms with E-state index in [4.69, 9.17) is 11.6 Å². The molecule has 1 amide bonds. The molecule has 0 aliphatic carbocycles. The second-order valence-corrected chi connectivity index (χ2v) is 10.9. The molecule has 0 aliphatic rings. The molecule has 1 heterocycles. The first-order chi connectivity index (χ1) is 14.6. The number of hydrogen-bond acceptors (Lipinski definition) is 5. The number of sulfonamides is 1. The van der Waals surface area contributed by atoms with Crippen LogP contribution in [0.25, 0.3) is 11.3 Å². The molecular formula is C21H23ClN4O3S2. The molecule has 164 valence electrons. The highest BCUT2D eigenvalue weighted by molar-refractivity contribution is 8.00. The molecule has 3 aromatic rings. The van der Waals surface area contributed by atoms with Crippen molar-refractivity contribution in [3.8, 4) is 11.3 Å². The van der Waals surface area contributed by atoms with Crippen molar-refractivity contribution < 1.29 is 13.2 Å². The van der Waals surface area contributed by atoms with E-state index in [2.05, 4.69) is 10.3 Å². The summed E-state index contributed by atoms with van der Waals surface area (Å²) < 4.78 is 27.9. The molecule has 2 aromatic carbocycles. The maximum absolute atomic E-state index is 12.7. The zero-order chi connectivity index (χ0) is 22.8. The number of thioether (sulfide) groups is 1. The number of imidazole rings is 1. The number of halogens is 1. The van der Waals surface area contributed by atoms with Gasteiger partial charge in [0.2, 0.25) is 15.9 Å². The van der Waals surface area contributed by atoms with Crippen molar-refractivity contribution in [1.82, 2.24) is 13.9 Å². The Morgan fingerprint density at radius 3 is 2.52 bits per heavy atom. The van der Waals surface area contributed by atoms with Crippen LogP contribution in [0.4, 0.5) is 5.69 Å². The van der Waals surface area contributed by atoms with Crippen molar-refractivity contribution in [2.24, 2.45) is 7.05 Å². The number of aromatic nitrogens is 2. The fourth-order valence-electron chi connectivity index (χ4n) is 2.81. The molecule has 0 unspecified atom stereocenters. The monoisotopic (exact) mass is 478 g/mol. The first-order valence-electron chi connectivity index (χ1n) is 9.38. The molecule has 10 heteroatoms. The Morgan fingerprint density at radius 2 is 1.87 bits per heavy atom. The summed E-state index contributed by atoms with van der Waals surface area (Å²) in [5.41, 5.74) is 2.34. The van der Waals surface area contributed by atoms with E-state index in [9.17, 15) is 13.2 Å². The first kappa shape index (κ1) is 23.3. The molecule has 1 N–H and O–H groups in total. The minimum absolute atomic E-state index is 0.0612. The van der Waals surface area contributed by atoms with Gasteiger partial charge in [-0.3, -0.25) is 4.79 Å². The zero-order valence-corrected chi connectivity index (χ0v) is 19.9. The highest BCUT2D eigenvalue weighted by Gasteiger charge is 2.23. The maximum atomic E-state index is 12.7. The molecule has 0 aliphatic heterocycles. The number of anilines is 1. The average Bonchev–Trinajstić information content (AvgIpc) is 3.09. The van der Waals surface area contributed by atoms with Gasteiger partial charge in [-0.2, -0.15) is 0 Å². The summed E-state index contributed by atoms with van der Waals surface area (Å²) in [6, 6.07) is 14.3. The van der Waals surface area contributed by atoms with Gasteiger partial charge in [0.25, 0.3) is 0 Å². The fraction of sp³-hybridized carbons (Fsp3) is 0.238. The van der Waals surface area contributed by atoms with Crippen molar-refractivity contribution in [2.75, 3.05) is 19.4 Å². The normalized spacial score (nSPS) is 12.7. The Labute approximate surface area is 191 Å². The lowest BCUT2D eigenvalue weighted by Crippen LogP contribution is -2.24. The van der Waals surface area contributed by atoms with Crippen LogP contribution < -0.4 is 5.32 Å². The van der Waals surface area contributed by atoms with E-state index in [0.717, 1.165) is 15.6 Å². The third-order valence-electron chi connectivity index (χ3n) is 4.62. The first-order valence-corrected chi connectivity index (χ1v) is 12.1. The molecule has 0 saturated carbocycles. The number of carbonyl (C=O) groups is 1. The summed E-state index contributed by atoms with van der Waals surface area (Å²) in [5, 5.41) is 3.09. The predicted molar refractivity (Wildman–Crippen MR) is 125 cm³/mol. The van der Waals surface area contributed by atoms with Gasteiger partial charge >= 0.3 is 0 Å². The zero-order valence-electron chi connectivity index (χ0n) is 17.5. The van der Waals surface area contributed by atoms with Gasteiger partial charge < -0.3 is 9.88 Å². The molecule has 0 fully saturated rings. The molecule has 0 radical (unpaired) electrons. The smallest absolute Gasteiger partial charge is 0.244 e. The maximum Gasteiger partial charge on any atom is 0.244 e. The van der Waals surface area contributed by atoms with Crippen LogP contribution in [-0.2, 0) is 21.9 Å². The highest BCUT2D eigenvalue weighted by atomic mass is 35.5. The number of amides is 1. The van der Waals surface area contributed by atoms with E-state index in [1.807, 2.05) is 41.9 Å². The van der Waals surface area contributed by atoms with Gasteiger partial charge in [-0.15, -0.1) is 0 Å². The lowest BCUT2D eigenvalue weighted by atomic mass is 10.2. The van der Waals surface area contributed by atoms with E-state index < -0.39 is 15.3 Å². The molecule has 1 aromatic heterocycles. The van der Waals surface area contributed by atoms with E-state index in [1.54, 1.807) is 19.2 Å². The Kier molecular flexibility index (Phi) is 7.10. The number of benzene rings is 2. The minimum Gasteiger partial charge on any atom is -0.325 e. The van der Waals surface area contributed by atoms with Crippen LogP contribution in [0.2, 0.25) is 5.02 Å². The van der Waals surface area contributed by atoms with Crippen molar-refractivity contribution in [3.05, 3.63) is 59.8 Å². The van der Waals surface area contributed by atoms with Crippen LogP contribution in [-0.4, -0.2) is 47.5 Å². The lowest BCUT2D eigenvalue weighted by Gasteiger charge is -2.15. The average molecular weight is 479 g/mol. The van der Waals surface area contributed by atoms with Crippen LogP contribution in [0.3, 0.4) is 0 Å². The number of rotatable bonds is 7. The summed E-state index contributed by atoms with van der Waals surface area (Å²) in [6.07, 6.45) is 1.78. The van der Waals surface area contributed by atoms with Crippen LogP contribution in [0.1, 0.15) is 6.92 Å². The molecular weight excluding hydrogens is 456 g/mol. The van der Waals surface area contributed by atoms with Gasteiger partial charge in [0.15, 0.2) is 5.16 Å². The molecule has 0 saturated heterocycles. The highest BCUT2D eigenvalue weighted by Crippen LogP contribution is 2.29. The Hall–Kier alpha value is -2.33. The van der Waals surface area contributed by atoms with Gasteiger partial charge in [0, 0.05) is 26.8 Å². The summed E-state index contributed by atoms with van der Waals surface area (Å²) >= 11 is 7.39. The lowest BCUT2D eigenvalue weighted by molar-refractivity contribution is -0.115. The summed E-state index contributed by atoms with van der Waals surface area (Å²) in [7, 11) is 1.02. The van der Waals surface area contributed by atoms with Crippen molar-refractivity contribution in [3.63, 3.8) is 0 Å². The number of nitrogens with zero attached hydrogens (tertiary/aromatic N) is 3. The number of hydrogen-bond donors (Lipinski definition) is 1. The molecule has 31 heavy (non-hydrogen) atoms. The second-order valence-electron chi connectivity index (χ2n) is 7.03. The SMILES string of the molecule is C[C@@H](Sc1ncc(-c2ccccc2)n1C)C(=O)Nc1ccc(Cl)c(S(=O)(=O)N(C)C)c1. The third kappa shape index (κ3) is 5.12. The largest absolute Gasteiger partial charge is 0.325 e. The molecule has 0 spiro atoms. The van der Waals surface area contributed by atoms with Crippen LogP contribution >= 0.6 is 23.4 Å². The number of nitrogens with one attached hydrogen (secondary N) is 1. The van der Waals surface area contributed by atoms with Gasteiger partial charge in [-0.1, -0.05) is 53.7 Å². The van der Waals surface area contributed by atoms with Gasteiger partial charge in [0.05, 0.1) is 22.2 Å². The van der Waals surface area contributed by atoms with Crippen molar-refractivity contribution in [1.29, 1.82) is 0 Å². The number of carbonyl (C=O) groups excluding carboxylic acids is 1. The standard InChI is InChI=1S/C21H23ClN4O3S2/c1-14(30-21-23-13-18(26(21)4)15-8-6-5-7-9-15)20(27)24-16-10-11-17(22)19(12-16)31(28,29)25(2)3/h5-14H,1-4H3,(H,24,27)/t14-/m1/s1. The van der Waals surface area contributed by atoms with Gasteiger partial charge in [-0.25, -0.2) is 17.7 Å². The van der Waals surface area contributed by atoms with E-state index in [0.29, 0.717) is 10.8 Å². The predicted octanol–water partition coefficient (Wildman–Crippen LogP) is 4.11. The van der Waals surface area contributed by atoms with E-state index in [-0.39, 0.29) is 15.8 Å². The Morgan fingerprint density at radius 1 is 1.19 bits per heavy atom. The second kappa shape index (κ2) is 9.44. The molecule has 0 bridgehead atoms. The Balaban J connectivity index is 1.75. The summed E-state index contributed by atoms with van der Waals surface area (Å²) in [4.78, 5) is 17.1. The summed E-state index contributed by atoms with van der Waals surface area (Å²) in [5.74, 6) is -0.273. The quantitative estimate of drug-likeness (QED) is 0.516. The van der Waals surface area contributed by atoms with E-state index >= 15 is 0 Å². The third-order valence-corrected chi connectivity index (χ3v) is 8.08. The minimum atomic E-state index is -3.73. The van der Waals surface area contributed by atoms with Crippen LogP contribution in [0.15, 0.2) is 64.8 Å². The van der Waals surface area contributed by atoms with Crippen molar-refractivity contribution in [2.45, 2.75) is 22.2 Å². The molecule has 3 rings (SSSR count). The fourth-order valence-corrected chi connectivity index (χ4v) is 5.06. The van der Waals surface area contributed by atoms with Crippen LogP contribution in [0, 0.1) is 0 Å². The summed E-state index contributed by atoms with van der Waals surface area (Å²) in [6.45, 7) is 1.77. The van der Waals surface area contributed by atoms with E-state index in [1.165, 1.54) is 38.0 Å². The molecule has 7 nitrogen and oxygen atoms in total. The van der Waals surface area contributed by atoms with Gasteiger partial charge in [-0.05, 0) is 30.7 Å².